The maximum atomic E-state index is 13.2. The average molecular weight is 465 g/mol. The largest absolute Gasteiger partial charge is 0.453 e. The van der Waals surface area contributed by atoms with Gasteiger partial charge in [0.25, 0.3) is 0 Å². The Hall–Kier alpha value is -2.46. The van der Waals surface area contributed by atoms with Gasteiger partial charge >= 0.3 is 0 Å². The maximum Gasteiger partial charge on any atom is 0.163 e. The smallest absolute Gasteiger partial charge is 0.163 e. The second-order valence-corrected chi connectivity index (χ2v) is 8.06. The van der Waals surface area contributed by atoms with Crippen LogP contribution in [-0.4, -0.2) is 35.1 Å². The number of aromatic nitrogens is 3. The van der Waals surface area contributed by atoms with Gasteiger partial charge in [0.05, 0.1) is 44.5 Å². The predicted molar refractivity (Wildman–Crippen MR) is 120 cm³/mol. The van der Waals surface area contributed by atoms with E-state index in [0.717, 1.165) is 17.4 Å². The topological polar surface area (TPSA) is 69.0 Å². The van der Waals surface area contributed by atoms with Gasteiger partial charge in [0.1, 0.15) is 5.75 Å². The van der Waals surface area contributed by atoms with Crippen molar-refractivity contribution in [2.45, 2.75) is 11.8 Å². The number of nitrogens with one attached hydrogen (secondary N) is 1. The molecule has 3 aromatic heterocycles. The number of hydrogen-bond acceptors (Lipinski definition) is 7. The number of aryl methyl sites for hydroxylation is 1. The molecule has 0 aliphatic heterocycles. The lowest BCUT2D eigenvalue weighted by Crippen LogP contribution is -1.98. The first-order valence-corrected chi connectivity index (χ1v) is 10.7. The molecule has 0 aliphatic carbocycles. The van der Waals surface area contributed by atoms with E-state index in [2.05, 4.69) is 15.4 Å². The number of carbonyl (C=O) groups is 1. The van der Waals surface area contributed by atoms with E-state index in [9.17, 15) is 8.68 Å². The molecule has 30 heavy (non-hydrogen) atoms. The van der Waals surface area contributed by atoms with Gasteiger partial charge in [-0.05, 0) is 45.3 Å². The molecule has 0 aliphatic rings. The van der Waals surface area contributed by atoms with Crippen LogP contribution in [0.3, 0.4) is 0 Å². The number of hydrogen-bond donors (Lipinski definition) is 1. The summed E-state index contributed by atoms with van der Waals surface area (Å²) in [6.45, 7) is 1.79. The van der Waals surface area contributed by atoms with Gasteiger partial charge in [-0.15, -0.1) is 11.3 Å². The first kappa shape index (κ1) is 22.2. The van der Waals surface area contributed by atoms with Gasteiger partial charge in [0.2, 0.25) is 0 Å². The zero-order valence-electron chi connectivity index (χ0n) is 16.3. The fraction of sp³-hybridized carbons (Fsp3) is 0.150. The minimum Gasteiger partial charge on any atom is -0.453 e. The number of benzene rings is 1. The van der Waals surface area contributed by atoms with E-state index in [1.165, 1.54) is 11.3 Å². The number of halogens is 2. The fourth-order valence-corrected chi connectivity index (χ4v) is 3.88. The van der Waals surface area contributed by atoms with Gasteiger partial charge in [-0.3, -0.25) is 4.79 Å². The summed E-state index contributed by atoms with van der Waals surface area (Å²) in [4.78, 5) is 16.4. The first-order valence-electron chi connectivity index (χ1n) is 8.75. The van der Waals surface area contributed by atoms with Crippen LogP contribution in [-0.2, 0) is 0 Å². The van der Waals surface area contributed by atoms with E-state index in [-0.39, 0.29) is 22.8 Å². The van der Waals surface area contributed by atoms with Crippen molar-refractivity contribution in [3.05, 3.63) is 57.5 Å². The highest BCUT2D eigenvalue weighted by atomic mass is 35.5. The van der Waals surface area contributed by atoms with Crippen LogP contribution in [0.15, 0.2) is 46.8 Å². The Morgan fingerprint density at radius 3 is 2.77 bits per heavy atom. The van der Waals surface area contributed by atoms with Gasteiger partial charge in [-0.25, -0.2) is 9.67 Å². The van der Waals surface area contributed by atoms with Crippen molar-refractivity contribution in [1.82, 2.24) is 20.1 Å². The summed E-state index contributed by atoms with van der Waals surface area (Å²) in [6, 6.07) is 8.41. The van der Waals surface area contributed by atoms with E-state index >= 15 is 0 Å². The van der Waals surface area contributed by atoms with Crippen LogP contribution in [0.5, 0.6) is 11.5 Å². The van der Waals surface area contributed by atoms with Crippen molar-refractivity contribution in [2.24, 2.45) is 0 Å². The lowest BCUT2D eigenvalue weighted by Gasteiger charge is -2.12. The molecule has 0 bridgehead atoms. The first-order chi connectivity index (χ1) is 14.5. The molecule has 0 saturated heterocycles. The quantitative estimate of drug-likeness (QED) is 0.373. The molecule has 0 saturated carbocycles. The van der Waals surface area contributed by atoms with Crippen LogP contribution < -0.4 is 10.1 Å². The number of para-hydroxylation sites is 1. The van der Waals surface area contributed by atoms with Crippen molar-refractivity contribution >= 4 is 52.4 Å². The zero-order valence-corrected chi connectivity index (χ0v) is 18.7. The molecule has 0 spiro atoms. The normalized spacial score (nSPS) is 10.6. The monoisotopic (exact) mass is 464 g/mol. The molecule has 0 unspecified atom stereocenters. The lowest BCUT2D eigenvalue weighted by molar-refractivity contribution is 0.112. The van der Waals surface area contributed by atoms with Gasteiger partial charge in [-0.2, -0.15) is 8.98 Å². The van der Waals surface area contributed by atoms with E-state index in [1.54, 1.807) is 48.1 Å². The molecule has 4 aromatic rings. The molecule has 0 fully saturated rings. The van der Waals surface area contributed by atoms with Crippen LogP contribution in [0.4, 0.5) is 3.89 Å². The van der Waals surface area contributed by atoms with Crippen molar-refractivity contribution in [3.63, 3.8) is 0 Å². The Morgan fingerprint density at radius 1 is 1.33 bits per heavy atom. The third-order valence-corrected chi connectivity index (χ3v) is 5.51. The number of fused-ring (bicyclic) bond motifs is 1. The Bertz CT molecular complexity index is 1180. The van der Waals surface area contributed by atoms with Gasteiger partial charge < -0.3 is 10.1 Å². The Labute approximate surface area is 186 Å². The maximum absolute atomic E-state index is 13.2. The molecule has 0 radical (unpaired) electrons. The number of rotatable bonds is 5. The van der Waals surface area contributed by atoms with Gasteiger partial charge in [-0.1, -0.05) is 17.7 Å². The summed E-state index contributed by atoms with van der Waals surface area (Å²) in [6.07, 6.45) is 2.46. The van der Waals surface area contributed by atoms with Crippen molar-refractivity contribution in [2.75, 3.05) is 14.1 Å². The summed E-state index contributed by atoms with van der Waals surface area (Å²) < 4.78 is 20.7. The minimum absolute atomic E-state index is 0.0705. The molecular weight excluding hydrogens is 447 g/mol. The summed E-state index contributed by atoms with van der Waals surface area (Å²) in [5.74, 6) is 0.709. The second-order valence-electron chi connectivity index (χ2n) is 6.11. The molecule has 1 aromatic carbocycles. The van der Waals surface area contributed by atoms with Crippen LogP contribution in [0.2, 0.25) is 5.02 Å². The molecule has 0 amide bonds. The van der Waals surface area contributed by atoms with E-state index < -0.39 is 0 Å². The van der Waals surface area contributed by atoms with Gasteiger partial charge in [0.15, 0.2) is 17.7 Å². The summed E-state index contributed by atoms with van der Waals surface area (Å²) in [5, 5.41) is 10.0. The minimum atomic E-state index is 0.0705. The van der Waals surface area contributed by atoms with Crippen LogP contribution in [0.25, 0.3) is 16.7 Å². The molecule has 4 rings (SSSR count). The van der Waals surface area contributed by atoms with E-state index in [1.807, 2.05) is 19.5 Å². The average Bonchev–Trinajstić information content (AvgIpc) is 3.36. The van der Waals surface area contributed by atoms with Gasteiger partial charge in [0, 0.05) is 10.8 Å². The molecule has 3 heterocycles. The predicted octanol–water partition coefficient (Wildman–Crippen LogP) is 5.86. The Morgan fingerprint density at radius 2 is 2.10 bits per heavy atom. The lowest BCUT2D eigenvalue weighted by atomic mass is 10.2. The standard InChI is InChI=1S/C18H11ClFN3O2S2.C2H7N/c1-10-15(25-17-14(19)3-2-4-16(17)27-20)5-11-7-21-23(18(11)22-10)12-6-13(8-24)26-9-12;1-3-2/h2-9H,1H3;3H,1-2H3. The van der Waals surface area contributed by atoms with Crippen molar-refractivity contribution in [1.29, 1.82) is 0 Å². The van der Waals surface area contributed by atoms with Crippen LogP contribution in [0.1, 0.15) is 15.4 Å². The van der Waals surface area contributed by atoms with Crippen molar-refractivity contribution in [3.8, 4) is 17.2 Å². The van der Waals surface area contributed by atoms with Crippen LogP contribution in [0, 0.1) is 6.92 Å². The highest BCUT2D eigenvalue weighted by Gasteiger charge is 2.16. The third kappa shape index (κ3) is 4.65. The number of pyridine rings is 1. The second kappa shape index (κ2) is 10.0. The molecule has 10 heteroatoms. The fourth-order valence-electron chi connectivity index (χ4n) is 2.59. The SMILES string of the molecule is CNC.Cc1nc2c(cnn2-c2csc(C=O)c2)cc1Oc1c(Cl)cccc1SF. The molecule has 1 N–H and O–H groups in total. The summed E-state index contributed by atoms with van der Waals surface area (Å²) in [7, 11) is 3.75. The molecule has 156 valence electrons. The van der Waals surface area contributed by atoms with Crippen LogP contribution >= 0.6 is 35.1 Å². The highest BCUT2D eigenvalue weighted by Crippen LogP contribution is 2.40. The Kier molecular flexibility index (Phi) is 7.43. The number of aldehydes is 1. The molecule has 6 nitrogen and oxygen atoms in total. The van der Waals surface area contributed by atoms with E-state index in [4.69, 9.17) is 16.3 Å². The zero-order chi connectivity index (χ0) is 21.7. The summed E-state index contributed by atoms with van der Waals surface area (Å²) in [5.41, 5.74) is 2.00. The molecule has 0 atom stereocenters. The van der Waals surface area contributed by atoms with E-state index in [0.29, 0.717) is 27.0 Å². The van der Waals surface area contributed by atoms with Crippen molar-refractivity contribution < 1.29 is 13.4 Å². The molecular formula is C20H18ClFN4O2S2. The number of carbonyl (C=O) groups excluding carboxylic acids is 1. The number of thiophene rings is 1. The number of nitrogens with zero attached hydrogens (tertiary/aromatic N) is 3. The number of ether oxygens (including phenoxy) is 1. The Balaban J connectivity index is 0.000000806. The third-order valence-electron chi connectivity index (χ3n) is 3.88. The summed E-state index contributed by atoms with van der Waals surface area (Å²) >= 11 is 7.57. The highest BCUT2D eigenvalue weighted by molar-refractivity contribution is 7.94.